The summed E-state index contributed by atoms with van der Waals surface area (Å²) in [7, 11) is 1.75. The third-order valence-corrected chi connectivity index (χ3v) is 4.90. The maximum atomic E-state index is 14.6. The van der Waals surface area contributed by atoms with E-state index in [2.05, 4.69) is 35.8 Å². The molecule has 0 bridgehead atoms. The third-order valence-electron chi connectivity index (χ3n) is 4.90. The molecule has 166 valence electrons. The van der Waals surface area contributed by atoms with Crippen molar-refractivity contribution in [2.24, 2.45) is 0 Å². The van der Waals surface area contributed by atoms with Crippen LogP contribution in [0, 0.1) is 5.82 Å². The zero-order chi connectivity index (χ0) is 22.9. The van der Waals surface area contributed by atoms with E-state index in [0.29, 0.717) is 17.2 Å². The molecule has 0 atom stereocenters. The molecule has 0 aliphatic carbocycles. The van der Waals surface area contributed by atoms with Gasteiger partial charge in [0, 0.05) is 35.3 Å². The number of alkyl halides is 2. The number of anilines is 1. The summed E-state index contributed by atoms with van der Waals surface area (Å²) in [5, 5.41) is 18.8. The molecule has 33 heavy (non-hydrogen) atoms. The summed E-state index contributed by atoms with van der Waals surface area (Å²) in [6.07, 6.45) is 0.523. The van der Waals surface area contributed by atoms with Crippen molar-refractivity contribution < 1.29 is 17.6 Å². The fraction of sp³-hybridized carbons (Fsp3) is 0.143. The Labute approximate surface area is 184 Å². The molecule has 5 rings (SSSR count). The van der Waals surface area contributed by atoms with Crippen molar-refractivity contribution in [3.63, 3.8) is 0 Å². The molecule has 0 amide bonds. The number of hydrogen-bond acceptors (Lipinski definition) is 8. The first-order valence-corrected chi connectivity index (χ1v) is 9.75. The first kappa shape index (κ1) is 20.5. The quantitative estimate of drug-likeness (QED) is 0.410. The number of nitrogens with zero attached hydrogens (tertiary/aromatic N) is 7. The minimum Gasteiger partial charge on any atom is -0.415 e. The smallest absolute Gasteiger partial charge is 0.314 e. The second-order valence-electron chi connectivity index (χ2n) is 7.07. The monoisotopic (exact) mass is 452 g/mol. The number of benzene rings is 2. The summed E-state index contributed by atoms with van der Waals surface area (Å²) < 4.78 is 46.2. The van der Waals surface area contributed by atoms with Crippen LogP contribution in [0.5, 0.6) is 0 Å². The van der Waals surface area contributed by atoms with Gasteiger partial charge in [-0.05, 0) is 24.3 Å². The summed E-state index contributed by atoms with van der Waals surface area (Å²) in [6, 6.07) is 9.81. The van der Waals surface area contributed by atoms with Crippen LogP contribution < -0.4 is 5.32 Å². The van der Waals surface area contributed by atoms with Crippen LogP contribution in [0.25, 0.3) is 33.6 Å². The number of hydrogen-bond donors (Lipinski definition) is 1. The van der Waals surface area contributed by atoms with Gasteiger partial charge in [0.2, 0.25) is 11.8 Å². The summed E-state index contributed by atoms with van der Waals surface area (Å²) in [4.78, 5) is 8.59. The molecular formula is C21H15F3N8O. The number of halogens is 3. The van der Waals surface area contributed by atoms with Crippen LogP contribution in [0.3, 0.4) is 0 Å². The van der Waals surface area contributed by atoms with Gasteiger partial charge in [0.05, 0.1) is 18.3 Å². The second kappa shape index (κ2) is 8.30. The SMILES string of the molecule is CNc1ncc2cc(-c3cn(Cc4ccc(-c5nnc(C(F)F)o5)cc4F)nn3)ccc2n1. The topological polar surface area (TPSA) is 107 Å². The molecule has 0 fully saturated rings. The lowest BCUT2D eigenvalue weighted by atomic mass is 10.1. The molecule has 2 aromatic carbocycles. The van der Waals surface area contributed by atoms with Crippen LogP contribution in [0.2, 0.25) is 0 Å². The van der Waals surface area contributed by atoms with E-state index < -0.39 is 18.1 Å². The van der Waals surface area contributed by atoms with E-state index >= 15 is 0 Å². The molecule has 0 radical (unpaired) electrons. The van der Waals surface area contributed by atoms with Crippen molar-refractivity contribution in [3.05, 3.63) is 66.1 Å². The van der Waals surface area contributed by atoms with Crippen LogP contribution in [-0.4, -0.2) is 42.2 Å². The van der Waals surface area contributed by atoms with Crippen LogP contribution in [0.4, 0.5) is 19.1 Å². The molecule has 1 N–H and O–H groups in total. The summed E-state index contributed by atoms with van der Waals surface area (Å²) in [6.45, 7) is 0.119. The Balaban J connectivity index is 1.35. The minimum absolute atomic E-state index is 0.119. The zero-order valence-corrected chi connectivity index (χ0v) is 17.1. The van der Waals surface area contributed by atoms with Crippen molar-refractivity contribution in [3.8, 4) is 22.7 Å². The Kier molecular flexibility index (Phi) is 5.17. The van der Waals surface area contributed by atoms with Crippen LogP contribution in [0.15, 0.2) is 53.2 Å². The van der Waals surface area contributed by atoms with Crippen molar-refractivity contribution in [2.75, 3.05) is 12.4 Å². The fourth-order valence-electron chi connectivity index (χ4n) is 3.24. The Morgan fingerprint density at radius 1 is 1.06 bits per heavy atom. The molecular weight excluding hydrogens is 437 g/mol. The van der Waals surface area contributed by atoms with E-state index in [-0.39, 0.29) is 18.0 Å². The lowest BCUT2D eigenvalue weighted by Crippen LogP contribution is -2.03. The van der Waals surface area contributed by atoms with Crippen molar-refractivity contribution >= 4 is 16.9 Å². The van der Waals surface area contributed by atoms with Gasteiger partial charge in [-0.2, -0.15) is 8.78 Å². The predicted octanol–water partition coefficient (Wildman–Crippen LogP) is 4.11. The van der Waals surface area contributed by atoms with Gasteiger partial charge in [0.25, 0.3) is 5.89 Å². The molecule has 3 heterocycles. The molecule has 0 aliphatic rings. The van der Waals surface area contributed by atoms with Crippen LogP contribution in [0.1, 0.15) is 17.9 Å². The van der Waals surface area contributed by atoms with Crippen LogP contribution >= 0.6 is 0 Å². The Morgan fingerprint density at radius 3 is 2.67 bits per heavy atom. The van der Waals surface area contributed by atoms with Gasteiger partial charge in [-0.1, -0.05) is 17.3 Å². The van der Waals surface area contributed by atoms with E-state index in [1.165, 1.54) is 16.8 Å². The molecule has 0 spiro atoms. The van der Waals surface area contributed by atoms with Gasteiger partial charge < -0.3 is 9.73 Å². The van der Waals surface area contributed by atoms with E-state index in [9.17, 15) is 13.2 Å². The van der Waals surface area contributed by atoms with E-state index in [4.69, 9.17) is 4.42 Å². The first-order valence-electron chi connectivity index (χ1n) is 9.75. The van der Waals surface area contributed by atoms with E-state index in [0.717, 1.165) is 22.5 Å². The maximum absolute atomic E-state index is 14.6. The molecule has 5 aromatic rings. The van der Waals surface area contributed by atoms with Crippen molar-refractivity contribution in [1.82, 2.24) is 35.2 Å². The number of rotatable bonds is 6. The first-order chi connectivity index (χ1) is 16.0. The number of fused-ring (bicyclic) bond motifs is 1. The highest BCUT2D eigenvalue weighted by molar-refractivity contribution is 5.83. The van der Waals surface area contributed by atoms with Crippen molar-refractivity contribution in [2.45, 2.75) is 13.0 Å². The van der Waals surface area contributed by atoms with Crippen molar-refractivity contribution in [1.29, 1.82) is 0 Å². The molecule has 12 heteroatoms. The lowest BCUT2D eigenvalue weighted by Gasteiger charge is -2.04. The van der Waals surface area contributed by atoms with Gasteiger partial charge >= 0.3 is 6.43 Å². The zero-order valence-electron chi connectivity index (χ0n) is 17.1. The Bertz CT molecular complexity index is 1450. The van der Waals surface area contributed by atoms with Gasteiger partial charge in [0.15, 0.2) is 0 Å². The highest BCUT2D eigenvalue weighted by Crippen LogP contribution is 2.26. The molecule has 9 nitrogen and oxygen atoms in total. The molecule has 0 unspecified atom stereocenters. The molecule has 0 aliphatic heterocycles. The Morgan fingerprint density at radius 2 is 1.91 bits per heavy atom. The fourth-order valence-corrected chi connectivity index (χ4v) is 3.24. The van der Waals surface area contributed by atoms with E-state index in [1.54, 1.807) is 19.4 Å². The maximum Gasteiger partial charge on any atom is 0.314 e. The van der Waals surface area contributed by atoms with Gasteiger partial charge in [-0.3, -0.25) is 0 Å². The molecule has 0 saturated carbocycles. The summed E-state index contributed by atoms with van der Waals surface area (Å²) >= 11 is 0. The molecule has 3 aromatic heterocycles. The van der Waals surface area contributed by atoms with Gasteiger partial charge in [-0.25, -0.2) is 19.0 Å². The van der Waals surface area contributed by atoms with Gasteiger partial charge in [0.1, 0.15) is 11.5 Å². The highest BCUT2D eigenvalue weighted by Gasteiger charge is 2.18. The predicted molar refractivity (Wildman–Crippen MR) is 112 cm³/mol. The standard InChI is InChI=1S/C21H15F3N8O/c1-25-21-26-8-14-6-11(4-5-16(14)27-21)17-10-32(31-28-17)9-13-3-2-12(7-15(13)22)19-29-30-20(33-19)18(23)24/h2-8,10,18H,9H2,1H3,(H,25,26,27). The third kappa shape index (κ3) is 4.10. The summed E-state index contributed by atoms with van der Waals surface area (Å²) in [5.41, 5.74) is 2.74. The Hall–Kier alpha value is -4.35. The number of nitrogens with one attached hydrogen (secondary N) is 1. The number of aromatic nitrogens is 7. The summed E-state index contributed by atoms with van der Waals surface area (Å²) in [5.74, 6) is -1.03. The normalized spacial score (nSPS) is 11.4. The average Bonchev–Trinajstić information content (AvgIpc) is 3.50. The second-order valence-corrected chi connectivity index (χ2v) is 7.07. The van der Waals surface area contributed by atoms with Gasteiger partial charge in [-0.15, -0.1) is 15.3 Å². The van der Waals surface area contributed by atoms with Crippen LogP contribution in [-0.2, 0) is 6.54 Å². The lowest BCUT2D eigenvalue weighted by molar-refractivity contribution is 0.116. The highest BCUT2D eigenvalue weighted by atomic mass is 19.3. The van der Waals surface area contributed by atoms with E-state index in [1.807, 2.05) is 18.2 Å². The molecule has 0 saturated heterocycles. The average molecular weight is 452 g/mol. The minimum atomic E-state index is -2.89. The largest absolute Gasteiger partial charge is 0.415 e.